The second kappa shape index (κ2) is 5.88. The van der Waals surface area contributed by atoms with Crippen LogP contribution < -0.4 is 10.1 Å². The van der Waals surface area contributed by atoms with E-state index in [2.05, 4.69) is 31.2 Å². The molecule has 0 fully saturated rings. The number of hydrogen-bond acceptors (Lipinski definition) is 4. The number of ether oxygens (including phenoxy) is 1. The number of aromatic nitrogens is 2. The highest BCUT2D eigenvalue weighted by Gasteiger charge is 2.06. The Hall–Kier alpha value is -1.53. The van der Waals surface area contributed by atoms with Gasteiger partial charge in [0.05, 0.1) is 18.1 Å². The molecule has 0 saturated carbocycles. The van der Waals surface area contributed by atoms with Crippen molar-refractivity contribution in [1.29, 1.82) is 0 Å². The highest BCUT2D eigenvalue weighted by atomic mass is 79.9. The zero-order valence-electron chi connectivity index (χ0n) is 9.65. The summed E-state index contributed by atoms with van der Waals surface area (Å²) in [5, 5.41) is 2.96. The van der Waals surface area contributed by atoms with E-state index in [1.165, 1.54) is 18.3 Å². The summed E-state index contributed by atoms with van der Waals surface area (Å²) in [7, 11) is 1.82. The van der Waals surface area contributed by atoms with Crippen molar-refractivity contribution < 1.29 is 9.13 Å². The summed E-state index contributed by atoms with van der Waals surface area (Å²) < 4.78 is 19.5. The molecule has 1 heterocycles. The first kappa shape index (κ1) is 12.9. The molecule has 1 N–H and O–H groups in total. The van der Waals surface area contributed by atoms with E-state index in [1.54, 1.807) is 12.3 Å². The van der Waals surface area contributed by atoms with Gasteiger partial charge in [-0.25, -0.2) is 9.37 Å². The minimum Gasteiger partial charge on any atom is -0.434 e. The standard InChI is InChI=1S/C12H11BrFN3O/c1-15-5-9-6-17-12(7-16-9)18-11-3-2-8(13)4-10(11)14/h2-4,6-7,15H,5H2,1H3. The van der Waals surface area contributed by atoms with Crippen LogP contribution in [0.1, 0.15) is 5.69 Å². The minimum atomic E-state index is -0.453. The molecule has 1 aromatic carbocycles. The van der Waals surface area contributed by atoms with E-state index in [9.17, 15) is 4.39 Å². The molecule has 0 atom stereocenters. The van der Waals surface area contributed by atoms with E-state index in [0.29, 0.717) is 11.0 Å². The number of hydrogen-bond donors (Lipinski definition) is 1. The summed E-state index contributed by atoms with van der Waals surface area (Å²) in [4.78, 5) is 8.18. The van der Waals surface area contributed by atoms with E-state index in [4.69, 9.17) is 4.74 Å². The van der Waals surface area contributed by atoms with Crippen molar-refractivity contribution in [3.63, 3.8) is 0 Å². The summed E-state index contributed by atoms with van der Waals surface area (Å²) >= 11 is 3.18. The zero-order chi connectivity index (χ0) is 13.0. The van der Waals surface area contributed by atoms with Gasteiger partial charge in [-0.3, -0.25) is 4.98 Å². The first-order valence-corrected chi connectivity index (χ1v) is 6.07. The van der Waals surface area contributed by atoms with Crippen molar-refractivity contribution in [2.45, 2.75) is 6.54 Å². The fraction of sp³-hybridized carbons (Fsp3) is 0.167. The number of benzene rings is 1. The van der Waals surface area contributed by atoms with Gasteiger partial charge in [0.1, 0.15) is 0 Å². The fourth-order valence-corrected chi connectivity index (χ4v) is 1.67. The van der Waals surface area contributed by atoms with Gasteiger partial charge in [0.2, 0.25) is 5.88 Å². The molecule has 0 aliphatic heterocycles. The lowest BCUT2D eigenvalue weighted by Crippen LogP contribution is -2.07. The van der Waals surface area contributed by atoms with Gasteiger partial charge in [-0.1, -0.05) is 15.9 Å². The summed E-state index contributed by atoms with van der Waals surface area (Å²) in [5.74, 6) is -0.0737. The Morgan fingerprint density at radius 3 is 2.78 bits per heavy atom. The van der Waals surface area contributed by atoms with Gasteiger partial charge in [0, 0.05) is 11.0 Å². The first-order chi connectivity index (χ1) is 8.69. The first-order valence-electron chi connectivity index (χ1n) is 5.27. The van der Waals surface area contributed by atoms with Crippen LogP contribution in [0.3, 0.4) is 0 Å². The maximum atomic E-state index is 13.5. The lowest BCUT2D eigenvalue weighted by Gasteiger charge is -2.06. The van der Waals surface area contributed by atoms with Crippen molar-refractivity contribution in [2.24, 2.45) is 0 Å². The smallest absolute Gasteiger partial charge is 0.237 e. The number of nitrogens with zero attached hydrogens (tertiary/aromatic N) is 2. The maximum absolute atomic E-state index is 13.5. The normalized spacial score (nSPS) is 10.4. The summed E-state index contributed by atoms with van der Waals surface area (Å²) in [6, 6.07) is 4.56. The molecule has 0 radical (unpaired) electrons. The SMILES string of the molecule is CNCc1cnc(Oc2ccc(Br)cc2F)cn1. The monoisotopic (exact) mass is 311 g/mol. The average Bonchev–Trinajstić information content (AvgIpc) is 2.35. The maximum Gasteiger partial charge on any atom is 0.237 e. The van der Waals surface area contributed by atoms with Crippen molar-refractivity contribution in [1.82, 2.24) is 15.3 Å². The third-order valence-corrected chi connectivity index (χ3v) is 2.64. The molecule has 0 spiro atoms. The molecular weight excluding hydrogens is 301 g/mol. The molecule has 0 amide bonds. The van der Waals surface area contributed by atoms with Crippen molar-refractivity contribution in [2.75, 3.05) is 7.05 Å². The lowest BCUT2D eigenvalue weighted by atomic mass is 10.3. The Balaban J connectivity index is 2.13. The Kier molecular flexibility index (Phi) is 4.22. The minimum absolute atomic E-state index is 0.119. The number of halogens is 2. The average molecular weight is 312 g/mol. The molecule has 0 aliphatic carbocycles. The van der Waals surface area contributed by atoms with Crippen LogP contribution in [0.2, 0.25) is 0 Å². The number of nitrogens with one attached hydrogen (secondary N) is 1. The molecule has 1 aromatic heterocycles. The summed E-state index contributed by atoms with van der Waals surface area (Å²) in [6.45, 7) is 0.625. The largest absolute Gasteiger partial charge is 0.434 e. The number of rotatable bonds is 4. The molecule has 0 aliphatic rings. The van der Waals surface area contributed by atoms with Gasteiger partial charge in [-0.2, -0.15) is 0 Å². The Bertz CT molecular complexity index is 533. The van der Waals surface area contributed by atoms with Crippen LogP contribution in [0.25, 0.3) is 0 Å². The molecular formula is C12H11BrFN3O. The third-order valence-electron chi connectivity index (χ3n) is 2.15. The van der Waals surface area contributed by atoms with E-state index in [0.717, 1.165) is 5.69 Å². The third kappa shape index (κ3) is 3.24. The van der Waals surface area contributed by atoms with Crippen LogP contribution in [0.4, 0.5) is 4.39 Å². The van der Waals surface area contributed by atoms with Gasteiger partial charge in [0.15, 0.2) is 11.6 Å². The van der Waals surface area contributed by atoms with E-state index >= 15 is 0 Å². The van der Waals surface area contributed by atoms with Crippen LogP contribution in [0, 0.1) is 5.82 Å². The van der Waals surface area contributed by atoms with Gasteiger partial charge >= 0.3 is 0 Å². The van der Waals surface area contributed by atoms with Crippen LogP contribution >= 0.6 is 15.9 Å². The van der Waals surface area contributed by atoms with Gasteiger partial charge < -0.3 is 10.1 Å². The zero-order valence-corrected chi connectivity index (χ0v) is 11.2. The fourth-order valence-electron chi connectivity index (χ4n) is 1.34. The highest BCUT2D eigenvalue weighted by molar-refractivity contribution is 9.10. The van der Waals surface area contributed by atoms with Crippen molar-refractivity contribution in [3.05, 3.63) is 46.6 Å². The van der Waals surface area contributed by atoms with E-state index in [-0.39, 0.29) is 11.6 Å². The molecule has 4 nitrogen and oxygen atoms in total. The quantitative estimate of drug-likeness (QED) is 0.943. The van der Waals surface area contributed by atoms with Crippen LogP contribution in [-0.2, 0) is 6.54 Å². The Labute approximate surface area is 112 Å². The van der Waals surface area contributed by atoms with E-state index < -0.39 is 5.82 Å². The van der Waals surface area contributed by atoms with Crippen LogP contribution in [0.15, 0.2) is 35.1 Å². The van der Waals surface area contributed by atoms with Gasteiger partial charge in [-0.05, 0) is 25.2 Å². The predicted octanol–water partition coefficient (Wildman–Crippen LogP) is 2.89. The second-order valence-electron chi connectivity index (χ2n) is 3.55. The Morgan fingerprint density at radius 2 is 2.17 bits per heavy atom. The molecule has 18 heavy (non-hydrogen) atoms. The highest BCUT2D eigenvalue weighted by Crippen LogP contribution is 2.25. The predicted molar refractivity (Wildman–Crippen MR) is 69.0 cm³/mol. The second-order valence-corrected chi connectivity index (χ2v) is 4.47. The molecule has 2 rings (SSSR count). The molecule has 2 aromatic rings. The summed E-state index contributed by atoms with van der Waals surface area (Å²) in [6.07, 6.45) is 3.05. The topological polar surface area (TPSA) is 47.0 Å². The van der Waals surface area contributed by atoms with Crippen molar-refractivity contribution in [3.8, 4) is 11.6 Å². The van der Waals surface area contributed by atoms with E-state index in [1.807, 2.05) is 7.05 Å². The molecule has 0 saturated heterocycles. The van der Waals surface area contributed by atoms with Gasteiger partial charge in [-0.15, -0.1) is 0 Å². The lowest BCUT2D eigenvalue weighted by molar-refractivity contribution is 0.424. The summed E-state index contributed by atoms with van der Waals surface area (Å²) in [5.41, 5.74) is 0.793. The van der Waals surface area contributed by atoms with Crippen LogP contribution in [0.5, 0.6) is 11.6 Å². The molecule has 0 unspecified atom stereocenters. The molecule has 6 heteroatoms. The molecule has 94 valence electrons. The molecule has 0 bridgehead atoms. The Morgan fingerprint density at radius 1 is 1.33 bits per heavy atom. The van der Waals surface area contributed by atoms with Crippen LogP contribution in [-0.4, -0.2) is 17.0 Å². The van der Waals surface area contributed by atoms with Crippen molar-refractivity contribution >= 4 is 15.9 Å². The van der Waals surface area contributed by atoms with Gasteiger partial charge in [0.25, 0.3) is 0 Å².